The van der Waals surface area contributed by atoms with Gasteiger partial charge in [0.05, 0.1) is 0 Å². The fourth-order valence-electron chi connectivity index (χ4n) is 0.886. The zero-order valence-electron chi connectivity index (χ0n) is 9.38. The highest BCUT2D eigenvalue weighted by molar-refractivity contribution is 5.77. The van der Waals surface area contributed by atoms with Gasteiger partial charge in [0.15, 0.2) is 0 Å². The molecule has 1 amide bonds. The summed E-state index contributed by atoms with van der Waals surface area (Å²) in [4.78, 5) is 12.5. The molecule has 0 aliphatic carbocycles. The van der Waals surface area contributed by atoms with Gasteiger partial charge in [-0.3, -0.25) is 4.79 Å². The molecule has 0 bridgehead atoms. The molecule has 1 atom stereocenters. The molecule has 0 aliphatic rings. The molecular formula is C9H17F3N2O2. The molecule has 0 rings (SSSR count). The van der Waals surface area contributed by atoms with Gasteiger partial charge in [0.2, 0.25) is 5.91 Å². The summed E-state index contributed by atoms with van der Waals surface area (Å²) < 4.78 is 39.3. The van der Waals surface area contributed by atoms with Crippen LogP contribution in [-0.2, 0) is 9.53 Å². The van der Waals surface area contributed by atoms with Crippen LogP contribution in [0.5, 0.6) is 0 Å². The predicted molar refractivity (Wildman–Crippen MR) is 52.8 cm³/mol. The van der Waals surface area contributed by atoms with E-state index in [1.54, 1.807) is 6.92 Å². The Morgan fingerprint density at radius 1 is 1.50 bits per heavy atom. The molecular weight excluding hydrogens is 225 g/mol. The van der Waals surface area contributed by atoms with Crippen molar-refractivity contribution in [2.24, 2.45) is 5.73 Å². The first-order chi connectivity index (χ1) is 7.22. The minimum Gasteiger partial charge on any atom is -0.362 e. The minimum atomic E-state index is -4.40. The van der Waals surface area contributed by atoms with E-state index >= 15 is 0 Å². The molecule has 0 aromatic heterocycles. The molecule has 96 valence electrons. The van der Waals surface area contributed by atoms with Crippen LogP contribution in [0.4, 0.5) is 13.2 Å². The number of alkyl halides is 3. The van der Waals surface area contributed by atoms with Gasteiger partial charge in [-0.15, -0.1) is 0 Å². The second-order valence-electron chi connectivity index (χ2n) is 3.69. The maximum atomic E-state index is 11.7. The Hall–Kier alpha value is -0.820. The number of ether oxygens (including phenoxy) is 1. The molecule has 4 nitrogen and oxygen atoms in total. The van der Waals surface area contributed by atoms with E-state index in [-0.39, 0.29) is 6.04 Å². The van der Waals surface area contributed by atoms with Crippen molar-refractivity contribution in [3.05, 3.63) is 0 Å². The molecule has 0 fully saturated rings. The van der Waals surface area contributed by atoms with Gasteiger partial charge in [0.25, 0.3) is 0 Å². The standard InChI is InChI=1S/C9H17F3N2O2/c1-7(13)3-4-14(2)8(15)5-16-6-9(10,11)12/h7H,3-6,13H2,1-2H3. The first kappa shape index (κ1) is 15.2. The number of likely N-dealkylation sites (N-methyl/N-ethyl adjacent to an activating group) is 1. The van der Waals surface area contributed by atoms with Gasteiger partial charge < -0.3 is 15.4 Å². The van der Waals surface area contributed by atoms with E-state index in [1.807, 2.05) is 0 Å². The maximum Gasteiger partial charge on any atom is 0.411 e. The third kappa shape index (κ3) is 8.49. The van der Waals surface area contributed by atoms with Gasteiger partial charge >= 0.3 is 6.18 Å². The van der Waals surface area contributed by atoms with Crippen LogP contribution in [0.15, 0.2) is 0 Å². The number of hydrogen-bond donors (Lipinski definition) is 1. The molecule has 0 spiro atoms. The highest BCUT2D eigenvalue weighted by Crippen LogP contribution is 2.14. The molecule has 1 unspecified atom stereocenters. The van der Waals surface area contributed by atoms with E-state index in [1.165, 1.54) is 11.9 Å². The number of nitrogens with zero attached hydrogens (tertiary/aromatic N) is 1. The average molecular weight is 242 g/mol. The number of amides is 1. The SMILES string of the molecule is CC(N)CCN(C)C(=O)COCC(F)(F)F. The van der Waals surface area contributed by atoms with Crippen LogP contribution >= 0.6 is 0 Å². The summed E-state index contributed by atoms with van der Waals surface area (Å²) in [5, 5.41) is 0. The molecule has 0 heterocycles. The quantitative estimate of drug-likeness (QED) is 0.748. The monoisotopic (exact) mass is 242 g/mol. The van der Waals surface area contributed by atoms with Crippen molar-refractivity contribution in [1.82, 2.24) is 4.90 Å². The van der Waals surface area contributed by atoms with Gasteiger partial charge in [-0.1, -0.05) is 0 Å². The topological polar surface area (TPSA) is 55.6 Å². The van der Waals surface area contributed by atoms with Crippen molar-refractivity contribution in [3.63, 3.8) is 0 Å². The third-order valence-corrected chi connectivity index (χ3v) is 1.84. The van der Waals surface area contributed by atoms with Gasteiger partial charge in [0.1, 0.15) is 13.2 Å². The van der Waals surface area contributed by atoms with Crippen molar-refractivity contribution in [2.45, 2.75) is 25.6 Å². The van der Waals surface area contributed by atoms with Crippen molar-refractivity contribution < 1.29 is 22.7 Å². The summed E-state index contributed by atoms with van der Waals surface area (Å²) in [6.07, 6.45) is -3.80. The summed E-state index contributed by atoms with van der Waals surface area (Å²) in [6, 6.07) is -0.0497. The summed E-state index contributed by atoms with van der Waals surface area (Å²) in [6.45, 7) is 0.235. The van der Waals surface area contributed by atoms with Crippen LogP contribution in [0.3, 0.4) is 0 Å². The number of carbonyl (C=O) groups is 1. The fourth-order valence-corrected chi connectivity index (χ4v) is 0.886. The van der Waals surface area contributed by atoms with Crippen LogP contribution in [-0.4, -0.2) is 49.8 Å². The lowest BCUT2D eigenvalue weighted by molar-refractivity contribution is -0.177. The lowest BCUT2D eigenvalue weighted by Crippen LogP contribution is -2.34. The Morgan fingerprint density at radius 3 is 2.50 bits per heavy atom. The number of nitrogens with two attached hydrogens (primary N) is 1. The minimum absolute atomic E-state index is 0.0497. The first-order valence-corrected chi connectivity index (χ1v) is 4.86. The number of hydrogen-bond acceptors (Lipinski definition) is 3. The predicted octanol–water partition coefficient (Wildman–Crippen LogP) is 0.761. The second kappa shape index (κ2) is 6.70. The lowest BCUT2D eigenvalue weighted by atomic mass is 10.2. The van der Waals surface area contributed by atoms with Crippen LogP contribution < -0.4 is 5.73 Å². The molecule has 7 heteroatoms. The molecule has 0 aliphatic heterocycles. The number of carbonyl (C=O) groups excluding carboxylic acids is 1. The van der Waals surface area contributed by atoms with Crippen molar-refractivity contribution in [1.29, 1.82) is 0 Å². The lowest BCUT2D eigenvalue weighted by Gasteiger charge is -2.18. The summed E-state index contributed by atoms with van der Waals surface area (Å²) in [5.41, 5.74) is 5.48. The Balaban J connectivity index is 3.71. The van der Waals surface area contributed by atoms with Gasteiger partial charge in [-0.2, -0.15) is 13.2 Å². The van der Waals surface area contributed by atoms with E-state index in [9.17, 15) is 18.0 Å². The summed E-state index contributed by atoms with van der Waals surface area (Å²) in [7, 11) is 1.50. The summed E-state index contributed by atoms with van der Waals surface area (Å²) >= 11 is 0. The highest BCUT2D eigenvalue weighted by atomic mass is 19.4. The fraction of sp³-hybridized carbons (Fsp3) is 0.889. The first-order valence-electron chi connectivity index (χ1n) is 4.86. The zero-order chi connectivity index (χ0) is 12.8. The van der Waals surface area contributed by atoms with Crippen molar-refractivity contribution in [2.75, 3.05) is 26.8 Å². The van der Waals surface area contributed by atoms with E-state index in [0.717, 1.165) is 0 Å². The number of halogens is 3. The van der Waals surface area contributed by atoms with E-state index in [2.05, 4.69) is 4.74 Å². The Labute approximate surface area is 92.5 Å². The van der Waals surface area contributed by atoms with Gasteiger partial charge in [-0.25, -0.2) is 0 Å². The smallest absolute Gasteiger partial charge is 0.362 e. The van der Waals surface area contributed by atoms with E-state index in [4.69, 9.17) is 5.73 Å². The maximum absolute atomic E-state index is 11.7. The molecule has 0 saturated heterocycles. The zero-order valence-corrected chi connectivity index (χ0v) is 9.38. The van der Waals surface area contributed by atoms with E-state index in [0.29, 0.717) is 13.0 Å². The van der Waals surface area contributed by atoms with Crippen LogP contribution in [0.25, 0.3) is 0 Å². The Bertz CT molecular complexity index is 219. The Morgan fingerprint density at radius 2 is 2.06 bits per heavy atom. The molecule has 16 heavy (non-hydrogen) atoms. The van der Waals surface area contributed by atoms with Crippen LogP contribution in [0.2, 0.25) is 0 Å². The summed E-state index contributed by atoms with van der Waals surface area (Å²) in [5.74, 6) is -0.482. The molecule has 0 radical (unpaired) electrons. The van der Waals surface area contributed by atoms with Crippen molar-refractivity contribution in [3.8, 4) is 0 Å². The van der Waals surface area contributed by atoms with Gasteiger partial charge in [0, 0.05) is 19.6 Å². The molecule has 0 aromatic carbocycles. The second-order valence-corrected chi connectivity index (χ2v) is 3.69. The highest BCUT2D eigenvalue weighted by Gasteiger charge is 2.28. The third-order valence-electron chi connectivity index (χ3n) is 1.84. The van der Waals surface area contributed by atoms with Crippen LogP contribution in [0.1, 0.15) is 13.3 Å². The van der Waals surface area contributed by atoms with Crippen molar-refractivity contribution >= 4 is 5.91 Å². The number of rotatable bonds is 6. The largest absolute Gasteiger partial charge is 0.411 e. The Kier molecular flexibility index (Phi) is 6.35. The van der Waals surface area contributed by atoms with Gasteiger partial charge in [-0.05, 0) is 13.3 Å². The van der Waals surface area contributed by atoms with E-state index < -0.39 is 25.3 Å². The molecule has 0 saturated carbocycles. The van der Waals surface area contributed by atoms with Crippen LogP contribution in [0, 0.1) is 0 Å². The average Bonchev–Trinajstić information content (AvgIpc) is 2.11. The molecule has 2 N–H and O–H groups in total. The molecule has 0 aromatic rings. The normalized spacial score (nSPS) is 13.6.